The highest BCUT2D eigenvalue weighted by molar-refractivity contribution is 5.77. The number of nitrogens with one attached hydrogen (secondary N) is 1. The molecule has 1 heterocycles. The molecule has 1 amide bonds. The van der Waals surface area contributed by atoms with Crippen molar-refractivity contribution in [3.8, 4) is 0 Å². The summed E-state index contributed by atoms with van der Waals surface area (Å²) in [5.74, 6) is 0.638. The molecule has 0 spiro atoms. The van der Waals surface area contributed by atoms with Gasteiger partial charge in [0.15, 0.2) is 0 Å². The topological polar surface area (TPSA) is 41.6 Å². The van der Waals surface area contributed by atoms with E-state index in [2.05, 4.69) is 31.3 Å². The number of carbonyl (C=O) groups excluding carboxylic acids is 1. The summed E-state index contributed by atoms with van der Waals surface area (Å²) in [5, 5.41) is 3.58. The molecule has 1 aliphatic heterocycles. The van der Waals surface area contributed by atoms with Gasteiger partial charge in [-0.05, 0) is 11.5 Å². The Kier molecular flexibility index (Phi) is 5.76. The third kappa shape index (κ3) is 4.05. The number of benzene rings is 1. The number of nitrogens with zero attached hydrogens (tertiary/aromatic N) is 1. The Balaban J connectivity index is 2.10. The van der Waals surface area contributed by atoms with Gasteiger partial charge in [0.25, 0.3) is 0 Å². The van der Waals surface area contributed by atoms with Crippen LogP contribution in [0.15, 0.2) is 30.3 Å². The van der Waals surface area contributed by atoms with Crippen LogP contribution in [0.3, 0.4) is 0 Å². The first-order valence-electron chi connectivity index (χ1n) is 7.70. The van der Waals surface area contributed by atoms with Gasteiger partial charge in [0.2, 0.25) is 5.91 Å². The fourth-order valence-corrected chi connectivity index (χ4v) is 2.89. The molecule has 1 aromatic carbocycles. The molecule has 116 valence electrons. The van der Waals surface area contributed by atoms with Gasteiger partial charge in [-0.3, -0.25) is 4.79 Å². The molecule has 0 aromatic heterocycles. The molecule has 2 atom stereocenters. The maximum absolute atomic E-state index is 12.5. The minimum atomic E-state index is 0.193. The minimum Gasteiger partial charge on any atom is -0.384 e. The standard InChI is InChI=1S/C17H26N2O2/c1-13(2)16-11-18-15(14-7-5-4-6-8-14)12-19(16)17(20)9-10-21-3/h4-8,13,15-16,18H,9-12H2,1-3H3. The predicted octanol–water partition coefficient (Wildman–Crippen LogP) is 2.22. The lowest BCUT2D eigenvalue weighted by Gasteiger charge is -2.42. The maximum atomic E-state index is 12.5. The maximum Gasteiger partial charge on any atom is 0.225 e. The largest absolute Gasteiger partial charge is 0.384 e. The van der Waals surface area contributed by atoms with Crippen LogP contribution >= 0.6 is 0 Å². The Morgan fingerprint density at radius 2 is 2.10 bits per heavy atom. The zero-order chi connectivity index (χ0) is 15.2. The fourth-order valence-electron chi connectivity index (χ4n) is 2.89. The van der Waals surface area contributed by atoms with Gasteiger partial charge in [0.1, 0.15) is 0 Å². The number of rotatable bonds is 5. The van der Waals surface area contributed by atoms with Crippen LogP contribution < -0.4 is 5.32 Å². The van der Waals surface area contributed by atoms with E-state index >= 15 is 0 Å². The predicted molar refractivity (Wildman–Crippen MR) is 84.0 cm³/mol. The van der Waals surface area contributed by atoms with Crippen LogP contribution in [0, 0.1) is 5.92 Å². The van der Waals surface area contributed by atoms with Gasteiger partial charge in [0.05, 0.1) is 13.0 Å². The molecule has 1 fully saturated rings. The highest BCUT2D eigenvalue weighted by atomic mass is 16.5. The van der Waals surface area contributed by atoms with E-state index < -0.39 is 0 Å². The van der Waals surface area contributed by atoms with Gasteiger partial charge < -0.3 is 15.0 Å². The van der Waals surface area contributed by atoms with Crippen LogP contribution in [0.5, 0.6) is 0 Å². The van der Waals surface area contributed by atoms with Crippen molar-refractivity contribution >= 4 is 5.91 Å². The lowest BCUT2D eigenvalue weighted by Crippen LogP contribution is -2.56. The SMILES string of the molecule is COCCC(=O)N1CC(c2ccccc2)NCC1C(C)C. The Hall–Kier alpha value is -1.39. The summed E-state index contributed by atoms with van der Waals surface area (Å²) < 4.78 is 5.05. The summed E-state index contributed by atoms with van der Waals surface area (Å²) in [5.41, 5.74) is 1.24. The van der Waals surface area contributed by atoms with Gasteiger partial charge in [-0.1, -0.05) is 44.2 Å². The molecule has 1 N–H and O–H groups in total. The lowest BCUT2D eigenvalue weighted by molar-refractivity contribution is -0.137. The number of methoxy groups -OCH3 is 1. The first-order chi connectivity index (χ1) is 10.1. The van der Waals surface area contributed by atoms with Gasteiger partial charge in [-0.25, -0.2) is 0 Å². The van der Waals surface area contributed by atoms with E-state index in [1.807, 2.05) is 23.1 Å². The Morgan fingerprint density at radius 1 is 1.38 bits per heavy atom. The molecule has 0 saturated carbocycles. The molecular weight excluding hydrogens is 264 g/mol. The summed E-state index contributed by atoms with van der Waals surface area (Å²) in [7, 11) is 1.64. The van der Waals surface area contributed by atoms with Crippen LogP contribution in [-0.2, 0) is 9.53 Å². The first kappa shape index (κ1) is 16.0. The van der Waals surface area contributed by atoms with E-state index in [-0.39, 0.29) is 18.0 Å². The van der Waals surface area contributed by atoms with Crippen LogP contribution in [-0.4, -0.2) is 43.7 Å². The van der Waals surface area contributed by atoms with Gasteiger partial charge in [0, 0.05) is 32.3 Å². The van der Waals surface area contributed by atoms with Crippen molar-refractivity contribution in [1.82, 2.24) is 10.2 Å². The Labute approximate surface area is 127 Å². The molecule has 0 bridgehead atoms. The third-order valence-electron chi connectivity index (χ3n) is 4.16. The molecule has 0 radical (unpaired) electrons. The van der Waals surface area contributed by atoms with Crippen molar-refractivity contribution in [3.05, 3.63) is 35.9 Å². The van der Waals surface area contributed by atoms with Crippen molar-refractivity contribution in [2.24, 2.45) is 5.92 Å². The fraction of sp³-hybridized carbons (Fsp3) is 0.588. The average molecular weight is 290 g/mol. The number of carbonyl (C=O) groups is 1. The van der Waals surface area contributed by atoms with E-state index in [0.717, 1.165) is 13.1 Å². The second-order valence-corrected chi connectivity index (χ2v) is 5.97. The lowest BCUT2D eigenvalue weighted by atomic mass is 9.95. The molecule has 4 heteroatoms. The number of ether oxygens (including phenoxy) is 1. The summed E-state index contributed by atoms with van der Waals surface area (Å²) in [4.78, 5) is 14.5. The third-order valence-corrected chi connectivity index (χ3v) is 4.16. The molecular formula is C17H26N2O2. The summed E-state index contributed by atoms with van der Waals surface area (Å²) in [6.45, 7) is 6.41. The zero-order valence-electron chi connectivity index (χ0n) is 13.2. The second kappa shape index (κ2) is 7.57. The average Bonchev–Trinajstić information content (AvgIpc) is 2.52. The highest BCUT2D eigenvalue weighted by Gasteiger charge is 2.33. The van der Waals surface area contributed by atoms with E-state index in [4.69, 9.17) is 4.74 Å². The molecule has 4 nitrogen and oxygen atoms in total. The van der Waals surface area contributed by atoms with Crippen molar-refractivity contribution in [3.63, 3.8) is 0 Å². The van der Waals surface area contributed by atoms with E-state index in [0.29, 0.717) is 18.9 Å². The number of hydrogen-bond donors (Lipinski definition) is 1. The molecule has 1 aliphatic rings. The van der Waals surface area contributed by atoms with Gasteiger partial charge in [-0.2, -0.15) is 0 Å². The van der Waals surface area contributed by atoms with E-state index in [1.165, 1.54) is 5.56 Å². The van der Waals surface area contributed by atoms with Gasteiger partial charge in [-0.15, -0.1) is 0 Å². The summed E-state index contributed by atoms with van der Waals surface area (Å²) in [6.07, 6.45) is 0.460. The van der Waals surface area contributed by atoms with Crippen LogP contribution in [0.4, 0.5) is 0 Å². The van der Waals surface area contributed by atoms with Crippen molar-refractivity contribution in [2.75, 3.05) is 26.8 Å². The highest BCUT2D eigenvalue weighted by Crippen LogP contribution is 2.23. The molecule has 2 unspecified atom stereocenters. The summed E-state index contributed by atoms with van der Waals surface area (Å²) >= 11 is 0. The molecule has 21 heavy (non-hydrogen) atoms. The van der Waals surface area contributed by atoms with Crippen molar-refractivity contribution in [1.29, 1.82) is 0 Å². The zero-order valence-corrected chi connectivity index (χ0v) is 13.2. The first-order valence-corrected chi connectivity index (χ1v) is 7.70. The Bertz CT molecular complexity index is 447. The smallest absolute Gasteiger partial charge is 0.225 e. The van der Waals surface area contributed by atoms with Gasteiger partial charge >= 0.3 is 0 Å². The van der Waals surface area contributed by atoms with E-state index in [9.17, 15) is 4.79 Å². The number of hydrogen-bond acceptors (Lipinski definition) is 3. The number of piperazine rings is 1. The molecule has 1 aromatic rings. The van der Waals surface area contributed by atoms with Crippen LogP contribution in [0.1, 0.15) is 31.9 Å². The number of amides is 1. The second-order valence-electron chi connectivity index (χ2n) is 5.97. The van der Waals surface area contributed by atoms with E-state index in [1.54, 1.807) is 7.11 Å². The van der Waals surface area contributed by atoms with Crippen molar-refractivity contribution in [2.45, 2.75) is 32.4 Å². The van der Waals surface area contributed by atoms with Crippen molar-refractivity contribution < 1.29 is 9.53 Å². The Morgan fingerprint density at radius 3 is 2.71 bits per heavy atom. The monoisotopic (exact) mass is 290 g/mol. The molecule has 0 aliphatic carbocycles. The normalized spacial score (nSPS) is 22.6. The molecule has 1 saturated heterocycles. The van der Waals surface area contributed by atoms with Crippen LogP contribution in [0.25, 0.3) is 0 Å². The van der Waals surface area contributed by atoms with Crippen LogP contribution in [0.2, 0.25) is 0 Å². The minimum absolute atomic E-state index is 0.193. The summed E-state index contributed by atoms with van der Waals surface area (Å²) in [6, 6.07) is 10.8. The molecule has 2 rings (SSSR count). The quantitative estimate of drug-likeness (QED) is 0.904.